The first kappa shape index (κ1) is 16.5. The average molecular weight is 294 g/mol. The zero-order chi connectivity index (χ0) is 15.1. The average Bonchev–Trinajstić information content (AvgIpc) is 2.88. The number of piperidine rings is 1. The highest BCUT2D eigenvalue weighted by molar-refractivity contribution is 5.12. The molecule has 2 rings (SSSR count). The molecule has 120 valence electrons. The maximum Gasteiger partial charge on any atom is 0.118 e. The minimum Gasteiger partial charge on any atom is -0.468 e. The normalized spacial score (nSPS) is 17.7. The monoisotopic (exact) mass is 294 g/mol. The fourth-order valence-corrected chi connectivity index (χ4v) is 2.80. The van der Waals surface area contributed by atoms with E-state index in [1.165, 1.54) is 5.56 Å². The molecule has 1 aliphatic rings. The van der Waals surface area contributed by atoms with E-state index in [1.807, 2.05) is 6.26 Å². The van der Waals surface area contributed by atoms with Gasteiger partial charge in [-0.3, -0.25) is 4.90 Å². The molecule has 0 radical (unpaired) electrons. The van der Waals surface area contributed by atoms with Gasteiger partial charge in [0.1, 0.15) is 5.76 Å². The Labute approximate surface area is 128 Å². The van der Waals surface area contributed by atoms with Crippen molar-refractivity contribution in [3.05, 3.63) is 23.7 Å². The Bertz CT molecular complexity index is 395. The van der Waals surface area contributed by atoms with Gasteiger partial charge in [0.05, 0.1) is 18.9 Å². The molecule has 1 aliphatic heterocycles. The smallest absolute Gasteiger partial charge is 0.118 e. The molecule has 0 saturated carbocycles. The lowest BCUT2D eigenvalue weighted by Gasteiger charge is -2.30. The first-order valence-electron chi connectivity index (χ1n) is 8.28. The second-order valence-electron chi connectivity index (χ2n) is 6.38. The molecular weight excluding hydrogens is 264 g/mol. The summed E-state index contributed by atoms with van der Waals surface area (Å²) >= 11 is 0. The molecule has 0 aromatic carbocycles. The predicted octanol–water partition coefficient (Wildman–Crippen LogP) is 3.03. The van der Waals surface area contributed by atoms with Crippen molar-refractivity contribution in [2.24, 2.45) is 5.92 Å². The fourth-order valence-electron chi connectivity index (χ4n) is 2.80. The topological polar surface area (TPSA) is 37.6 Å². The van der Waals surface area contributed by atoms with Crippen LogP contribution in [0.2, 0.25) is 0 Å². The summed E-state index contributed by atoms with van der Waals surface area (Å²) in [7, 11) is 0. The highest BCUT2D eigenvalue weighted by atomic mass is 16.5. The molecule has 1 N–H and O–H groups in total. The van der Waals surface area contributed by atoms with Gasteiger partial charge in [0, 0.05) is 31.8 Å². The van der Waals surface area contributed by atoms with Crippen LogP contribution in [0.5, 0.6) is 0 Å². The Kier molecular flexibility index (Phi) is 6.74. The van der Waals surface area contributed by atoms with Gasteiger partial charge in [-0.05, 0) is 38.3 Å². The van der Waals surface area contributed by atoms with Gasteiger partial charge in [-0.15, -0.1) is 0 Å². The highest BCUT2D eigenvalue weighted by Gasteiger charge is 2.20. The third-order valence-corrected chi connectivity index (χ3v) is 3.91. The molecule has 4 heteroatoms. The molecule has 4 nitrogen and oxygen atoms in total. The van der Waals surface area contributed by atoms with Gasteiger partial charge in [-0.2, -0.15) is 0 Å². The summed E-state index contributed by atoms with van der Waals surface area (Å²) in [5, 5.41) is 3.45. The molecule has 1 aromatic rings. The maximum absolute atomic E-state index is 5.69. The molecule has 1 saturated heterocycles. The van der Waals surface area contributed by atoms with Gasteiger partial charge < -0.3 is 14.5 Å². The van der Waals surface area contributed by atoms with E-state index in [0.717, 1.165) is 57.9 Å². The van der Waals surface area contributed by atoms with Crippen LogP contribution in [0.4, 0.5) is 0 Å². The van der Waals surface area contributed by atoms with E-state index in [-0.39, 0.29) is 0 Å². The number of rotatable bonds is 8. The molecule has 0 aliphatic carbocycles. The molecule has 0 amide bonds. The van der Waals surface area contributed by atoms with E-state index in [9.17, 15) is 0 Å². The van der Waals surface area contributed by atoms with E-state index >= 15 is 0 Å². The Morgan fingerprint density at radius 1 is 1.38 bits per heavy atom. The molecule has 1 aromatic heterocycles. The largest absolute Gasteiger partial charge is 0.468 e. The number of furan rings is 1. The summed E-state index contributed by atoms with van der Waals surface area (Å²) in [6.07, 6.45) is 4.61. The highest BCUT2D eigenvalue weighted by Crippen LogP contribution is 2.17. The van der Waals surface area contributed by atoms with E-state index < -0.39 is 0 Å². The summed E-state index contributed by atoms with van der Waals surface area (Å²) in [5.74, 6) is 1.76. The predicted molar refractivity (Wildman–Crippen MR) is 85.2 cm³/mol. The minimum absolute atomic E-state index is 0.457. The number of likely N-dealkylation sites (tertiary alicyclic amines) is 1. The summed E-state index contributed by atoms with van der Waals surface area (Å²) in [6, 6.07) is 2.18. The second kappa shape index (κ2) is 8.57. The van der Waals surface area contributed by atoms with Crippen molar-refractivity contribution in [1.82, 2.24) is 10.2 Å². The quantitative estimate of drug-likeness (QED) is 0.800. The van der Waals surface area contributed by atoms with E-state index in [1.54, 1.807) is 0 Å². The van der Waals surface area contributed by atoms with Gasteiger partial charge in [-0.25, -0.2) is 0 Å². The number of nitrogens with one attached hydrogen (secondary N) is 1. The summed E-state index contributed by atoms with van der Waals surface area (Å²) in [5.41, 5.74) is 1.25. The van der Waals surface area contributed by atoms with Crippen LogP contribution in [0.25, 0.3) is 0 Å². The fraction of sp³-hybridized carbons (Fsp3) is 0.765. The van der Waals surface area contributed by atoms with Gasteiger partial charge >= 0.3 is 0 Å². The molecule has 1 fully saturated rings. The van der Waals surface area contributed by atoms with Crippen LogP contribution >= 0.6 is 0 Å². The van der Waals surface area contributed by atoms with Crippen LogP contribution < -0.4 is 5.32 Å². The van der Waals surface area contributed by atoms with Crippen LogP contribution in [0.1, 0.15) is 44.9 Å². The summed E-state index contributed by atoms with van der Waals surface area (Å²) in [4.78, 5) is 2.46. The van der Waals surface area contributed by atoms with Crippen LogP contribution in [0.15, 0.2) is 16.7 Å². The molecule has 0 spiro atoms. The lowest BCUT2D eigenvalue weighted by atomic mass is 10.1. The van der Waals surface area contributed by atoms with Crippen molar-refractivity contribution in [3.63, 3.8) is 0 Å². The zero-order valence-electron chi connectivity index (χ0n) is 13.7. The third kappa shape index (κ3) is 5.81. The first-order chi connectivity index (χ1) is 10.2. The standard InChI is InChI=1S/C17H30N2O2/c1-4-20-16-5-7-19(8-6-16)12-17-9-15(13-21-17)11-18-10-14(2)3/h9,13-14,16,18H,4-8,10-12H2,1-3H3. The summed E-state index contributed by atoms with van der Waals surface area (Å²) in [6.45, 7) is 12.4. The molecule has 21 heavy (non-hydrogen) atoms. The van der Waals surface area contributed by atoms with Crippen LogP contribution in [0.3, 0.4) is 0 Å². The van der Waals surface area contributed by atoms with Gasteiger partial charge in [0.25, 0.3) is 0 Å². The Morgan fingerprint density at radius 2 is 2.14 bits per heavy atom. The van der Waals surface area contributed by atoms with Crippen molar-refractivity contribution in [2.45, 2.75) is 52.8 Å². The lowest BCUT2D eigenvalue weighted by Crippen LogP contribution is -2.36. The van der Waals surface area contributed by atoms with Crippen molar-refractivity contribution in [1.29, 1.82) is 0 Å². The third-order valence-electron chi connectivity index (χ3n) is 3.91. The van der Waals surface area contributed by atoms with E-state index in [4.69, 9.17) is 9.15 Å². The van der Waals surface area contributed by atoms with E-state index in [2.05, 4.69) is 37.1 Å². The SMILES string of the molecule is CCOC1CCN(Cc2cc(CNCC(C)C)co2)CC1. The van der Waals surface area contributed by atoms with Crippen molar-refractivity contribution in [3.8, 4) is 0 Å². The number of ether oxygens (including phenoxy) is 1. The van der Waals surface area contributed by atoms with Crippen LogP contribution in [-0.4, -0.2) is 37.2 Å². The number of hydrogen-bond acceptors (Lipinski definition) is 4. The number of hydrogen-bond donors (Lipinski definition) is 1. The second-order valence-corrected chi connectivity index (χ2v) is 6.38. The van der Waals surface area contributed by atoms with Crippen molar-refractivity contribution in [2.75, 3.05) is 26.2 Å². The molecule has 0 bridgehead atoms. The van der Waals surface area contributed by atoms with Crippen molar-refractivity contribution >= 4 is 0 Å². The maximum atomic E-state index is 5.69. The van der Waals surface area contributed by atoms with Crippen LogP contribution in [0, 0.1) is 5.92 Å². The van der Waals surface area contributed by atoms with E-state index in [0.29, 0.717) is 12.0 Å². The first-order valence-corrected chi connectivity index (χ1v) is 8.28. The number of nitrogens with zero attached hydrogens (tertiary/aromatic N) is 1. The molecule has 0 atom stereocenters. The Hall–Kier alpha value is -0.840. The molecule has 0 unspecified atom stereocenters. The molecular formula is C17H30N2O2. The van der Waals surface area contributed by atoms with Gasteiger partial charge in [0.2, 0.25) is 0 Å². The van der Waals surface area contributed by atoms with Gasteiger partial charge in [0.15, 0.2) is 0 Å². The molecule has 2 heterocycles. The summed E-state index contributed by atoms with van der Waals surface area (Å²) < 4.78 is 11.4. The minimum atomic E-state index is 0.457. The zero-order valence-corrected chi connectivity index (χ0v) is 13.7. The Balaban J connectivity index is 1.70. The lowest BCUT2D eigenvalue weighted by molar-refractivity contribution is 0.0112. The Morgan fingerprint density at radius 3 is 2.81 bits per heavy atom. The van der Waals surface area contributed by atoms with Crippen LogP contribution in [-0.2, 0) is 17.8 Å². The van der Waals surface area contributed by atoms with Gasteiger partial charge in [-0.1, -0.05) is 13.8 Å². The van der Waals surface area contributed by atoms with Crippen molar-refractivity contribution < 1.29 is 9.15 Å².